The van der Waals surface area contributed by atoms with E-state index in [1.165, 1.54) is 0 Å². The number of primary amides is 1. The molecule has 0 unspecified atom stereocenters. The summed E-state index contributed by atoms with van der Waals surface area (Å²) >= 11 is 1.16. The van der Waals surface area contributed by atoms with Crippen molar-refractivity contribution in [2.24, 2.45) is 10.8 Å². The lowest BCUT2D eigenvalue weighted by molar-refractivity contribution is 0.100. The number of azide groups is 1. The predicted molar refractivity (Wildman–Crippen MR) is 41.6 cm³/mol. The first kappa shape index (κ1) is 7.59. The molecule has 1 heterocycles. The number of carbonyl (C=O) groups is 1. The summed E-state index contributed by atoms with van der Waals surface area (Å²) in [5.41, 5.74) is 13.3. The van der Waals surface area contributed by atoms with Crippen LogP contribution < -0.4 is 5.73 Å². The molecule has 11 heavy (non-hydrogen) atoms. The van der Waals surface area contributed by atoms with Crippen LogP contribution in [-0.2, 0) is 0 Å². The Labute approximate surface area is 66.1 Å². The molecule has 0 saturated carbocycles. The molecule has 0 fully saturated rings. The zero-order chi connectivity index (χ0) is 8.27. The van der Waals surface area contributed by atoms with Gasteiger partial charge >= 0.3 is 0 Å². The molecule has 6 heteroatoms. The van der Waals surface area contributed by atoms with Gasteiger partial charge in [-0.25, -0.2) is 0 Å². The van der Waals surface area contributed by atoms with Crippen LogP contribution >= 0.6 is 11.3 Å². The first-order chi connectivity index (χ1) is 5.25. The molecule has 0 bridgehead atoms. The van der Waals surface area contributed by atoms with Crippen LogP contribution in [0.5, 0.6) is 0 Å². The number of carbonyl (C=O) groups excluding carboxylic acids is 1. The van der Waals surface area contributed by atoms with Gasteiger partial charge in [-0.2, -0.15) is 0 Å². The summed E-state index contributed by atoms with van der Waals surface area (Å²) in [7, 11) is 0. The average molecular weight is 168 g/mol. The van der Waals surface area contributed by atoms with Crippen molar-refractivity contribution in [3.63, 3.8) is 0 Å². The number of hydrogen-bond acceptors (Lipinski definition) is 3. The van der Waals surface area contributed by atoms with E-state index in [2.05, 4.69) is 10.0 Å². The lowest BCUT2D eigenvalue weighted by Crippen LogP contribution is -2.08. The number of hydrogen-bond donors (Lipinski definition) is 1. The van der Waals surface area contributed by atoms with Gasteiger partial charge in [-0.1, -0.05) is 5.11 Å². The lowest BCUT2D eigenvalue weighted by atomic mass is 10.4. The topological polar surface area (TPSA) is 91.8 Å². The minimum absolute atomic E-state index is 0.294. The third-order valence-electron chi connectivity index (χ3n) is 1.02. The largest absolute Gasteiger partial charge is 0.365 e. The molecule has 1 rings (SSSR count). The van der Waals surface area contributed by atoms with Gasteiger partial charge in [0.2, 0.25) is 0 Å². The fourth-order valence-electron chi connectivity index (χ4n) is 0.614. The number of nitrogens with two attached hydrogens (primary N) is 1. The molecular weight excluding hydrogens is 164 g/mol. The van der Waals surface area contributed by atoms with E-state index in [4.69, 9.17) is 11.3 Å². The highest BCUT2D eigenvalue weighted by Crippen LogP contribution is 2.24. The summed E-state index contributed by atoms with van der Waals surface area (Å²) in [6.45, 7) is 0. The molecular formula is C5H4N4OS. The smallest absolute Gasteiger partial charge is 0.259 e. The molecule has 0 atom stereocenters. The van der Waals surface area contributed by atoms with Crippen LogP contribution in [-0.4, -0.2) is 5.91 Å². The van der Waals surface area contributed by atoms with Crippen LogP contribution in [0.15, 0.2) is 16.6 Å². The normalized spacial score (nSPS) is 8.73. The summed E-state index contributed by atoms with van der Waals surface area (Å²) in [4.78, 5) is 13.4. The third kappa shape index (κ3) is 1.49. The molecule has 0 aromatic carbocycles. The molecule has 1 aromatic heterocycles. The monoisotopic (exact) mass is 168 g/mol. The second kappa shape index (κ2) is 3.05. The average Bonchev–Trinajstić information content (AvgIpc) is 2.36. The number of nitrogens with zero attached hydrogens (tertiary/aromatic N) is 3. The van der Waals surface area contributed by atoms with E-state index in [0.29, 0.717) is 10.6 Å². The van der Waals surface area contributed by atoms with Crippen LogP contribution in [0.4, 0.5) is 5.69 Å². The van der Waals surface area contributed by atoms with Gasteiger partial charge in [0.25, 0.3) is 5.91 Å². The Bertz CT molecular complexity index is 308. The summed E-state index contributed by atoms with van der Waals surface area (Å²) in [6, 6.07) is 1.55. The van der Waals surface area contributed by atoms with Crippen molar-refractivity contribution in [2.45, 2.75) is 0 Å². The Kier molecular flexibility index (Phi) is 2.10. The summed E-state index contributed by atoms with van der Waals surface area (Å²) < 4.78 is 0. The molecule has 0 aliphatic heterocycles. The van der Waals surface area contributed by atoms with E-state index < -0.39 is 5.91 Å². The molecule has 56 valence electrons. The van der Waals surface area contributed by atoms with Gasteiger partial charge < -0.3 is 5.73 Å². The van der Waals surface area contributed by atoms with Crippen LogP contribution in [0.3, 0.4) is 0 Å². The molecule has 2 N–H and O–H groups in total. The molecule has 1 aromatic rings. The number of amides is 1. The standard InChI is InChI=1S/C5H4N4OS/c6-5(10)4-3(8-9-7)1-2-11-4/h1-2H,(H2,6,10). The minimum atomic E-state index is -0.567. The molecule has 0 aliphatic rings. The maximum Gasteiger partial charge on any atom is 0.259 e. The minimum Gasteiger partial charge on any atom is -0.365 e. The molecule has 5 nitrogen and oxygen atoms in total. The van der Waals surface area contributed by atoms with Crippen LogP contribution in [0.25, 0.3) is 10.4 Å². The van der Waals surface area contributed by atoms with Crippen molar-refractivity contribution in [2.75, 3.05) is 0 Å². The van der Waals surface area contributed by atoms with E-state index in [1.54, 1.807) is 11.4 Å². The van der Waals surface area contributed by atoms with Crippen molar-refractivity contribution in [3.8, 4) is 0 Å². The zero-order valence-corrected chi connectivity index (χ0v) is 6.21. The summed E-state index contributed by atoms with van der Waals surface area (Å²) in [5.74, 6) is -0.567. The predicted octanol–water partition coefficient (Wildman–Crippen LogP) is 1.79. The molecule has 0 aliphatic carbocycles. The van der Waals surface area contributed by atoms with Gasteiger partial charge in [0.1, 0.15) is 4.88 Å². The van der Waals surface area contributed by atoms with Crippen molar-refractivity contribution < 1.29 is 4.79 Å². The van der Waals surface area contributed by atoms with E-state index in [9.17, 15) is 4.79 Å². The quantitative estimate of drug-likeness (QED) is 0.407. The van der Waals surface area contributed by atoms with Crippen LogP contribution in [0.2, 0.25) is 0 Å². The van der Waals surface area contributed by atoms with Gasteiger partial charge in [0, 0.05) is 4.91 Å². The zero-order valence-electron chi connectivity index (χ0n) is 5.39. The van der Waals surface area contributed by atoms with Gasteiger partial charge in [-0.15, -0.1) is 11.3 Å². The Morgan fingerprint density at radius 3 is 3.09 bits per heavy atom. The van der Waals surface area contributed by atoms with Crippen molar-refractivity contribution in [1.82, 2.24) is 0 Å². The summed E-state index contributed by atoms with van der Waals surface area (Å²) in [5, 5.41) is 4.92. The summed E-state index contributed by atoms with van der Waals surface area (Å²) in [6.07, 6.45) is 0. The fraction of sp³-hybridized carbons (Fsp3) is 0. The van der Waals surface area contributed by atoms with Crippen molar-refractivity contribution in [1.29, 1.82) is 0 Å². The molecule has 1 amide bonds. The van der Waals surface area contributed by atoms with E-state index in [0.717, 1.165) is 11.3 Å². The SMILES string of the molecule is [N-]=[N+]=Nc1ccsc1C(N)=O. The Balaban J connectivity index is 3.15. The molecule has 0 saturated heterocycles. The first-order valence-electron chi connectivity index (χ1n) is 2.68. The highest BCUT2D eigenvalue weighted by atomic mass is 32.1. The Morgan fingerprint density at radius 2 is 2.55 bits per heavy atom. The maximum atomic E-state index is 10.6. The molecule has 0 radical (unpaired) electrons. The third-order valence-corrected chi connectivity index (χ3v) is 1.94. The Hall–Kier alpha value is -1.52. The van der Waals surface area contributed by atoms with Gasteiger partial charge in [0.05, 0.1) is 5.69 Å². The van der Waals surface area contributed by atoms with Crippen LogP contribution in [0, 0.1) is 0 Å². The highest BCUT2D eigenvalue weighted by Gasteiger charge is 2.06. The van der Waals surface area contributed by atoms with E-state index in [1.807, 2.05) is 0 Å². The van der Waals surface area contributed by atoms with Crippen LogP contribution in [0.1, 0.15) is 9.67 Å². The second-order valence-electron chi connectivity index (χ2n) is 1.69. The van der Waals surface area contributed by atoms with Crippen molar-refractivity contribution in [3.05, 3.63) is 26.8 Å². The van der Waals surface area contributed by atoms with E-state index in [-0.39, 0.29) is 0 Å². The van der Waals surface area contributed by atoms with Crippen molar-refractivity contribution >= 4 is 22.9 Å². The number of thiophene rings is 1. The first-order valence-corrected chi connectivity index (χ1v) is 3.56. The fourth-order valence-corrected chi connectivity index (χ4v) is 1.29. The van der Waals surface area contributed by atoms with Gasteiger partial charge in [-0.3, -0.25) is 4.79 Å². The van der Waals surface area contributed by atoms with Gasteiger partial charge in [0.15, 0.2) is 0 Å². The van der Waals surface area contributed by atoms with E-state index >= 15 is 0 Å². The second-order valence-corrected chi connectivity index (χ2v) is 2.60. The Morgan fingerprint density at radius 1 is 1.82 bits per heavy atom. The highest BCUT2D eigenvalue weighted by molar-refractivity contribution is 7.12. The van der Waals surface area contributed by atoms with Gasteiger partial charge in [-0.05, 0) is 17.0 Å². The number of rotatable bonds is 2. The maximum absolute atomic E-state index is 10.6. The lowest BCUT2D eigenvalue weighted by Gasteiger charge is -1.88. The molecule has 0 spiro atoms.